The van der Waals surface area contributed by atoms with Crippen molar-refractivity contribution in [1.29, 1.82) is 0 Å². The highest BCUT2D eigenvalue weighted by Crippen LogP contribution is 2.44. The highest BCUT2D eigenvalue weighted by atomic mass is 32.1. The van der Waals surface area contributed by atoms with Gasteiger partial charge in [-0.25, -0.2) is 4.98 Å². The molecule has 1 atom stereocenters. The fourth-order valence-corrected chi connectivity index (χ4v) is 9.57. The summed E-state index contributed by atoms with van der Waals surface area (Å²) in [5.41, 5.74) is 10.0. The number of aliphatic hydroxyl groups excluding tert-OH is 1. The highest BCUT2D eigenvalue weighted by molar-refractivity contribution is 7.15. The molecule has 3 aliphatic heterocycles. The van der Waals surface area contributed by atoms with Crippen LogP contribution < -0.4 is 0 Å². The minimum atomic E-state index is -0.312. The number of amides is 2. The number of hydrogen-bond donors (Lipinski definition) is 1. The maximum atomic E-state index is 12.9. The van der Waals surface area contributed by atoms with Crippen molar-refractivity contribution < 1.29 is 14.7 Å². The van der Waals surface area contributed by atoms with E-state index in [1.54, 1.807) is 11.3 Å². The van der Waals surface area contributed by atoms with Gasteiger partial charge in [0.2, 0.25) is 11.8 Å². The number of rotatable bonds is 7. The number of allylic oxidation sites excluding steroid dienone is 4. The van der Waals surface area contributed by atoms with Crippen LogP contribution in [0.1, 0.15) is 63.3 Å². The zero-order chi connectivity index (χ0) is 31.4. The summed E-state index contributed by atoms with van der Waals surface area (Å²) < 4.78 is 0. The van der Waals surface area contributed by atoms with Crippen molar-refractivity contribution in [2.24, 2.45) is 0 Å². The number of hydrogen-bond acceptors (Lipinski definition) is 8. The molecule has 0 radical (unpaired) electrons. The second-order valence-corrected chi connectivity index (χ2v) is 15.3. The predicted molar refractivity (Wildman–Crippen MR) is 181 cm³/mol. The number of likely N-dealkylation sites (N-methyl/N-ethyl adjacent to an activating group) is 1. The molecule has 0 unspecified atom stereocenters. The Morgan fingerprint density at radius 3 is 2.53 bits per heavy atom. The number of nitrogens with zero attached hydrogens (tertiary/aromatic N) is 5. The van der Waals surface area contributed by atoms with E-state index < -0.39 is 0 Å². The largest absolute Gasteiger partial charge is 0.392 e. The molecule has 0 bridgehead atoms. The Morgan fingerprint density at radius 2 is 1.80 bits per heavy atom. The van der Waals surface area contributed by atoms with Gasteiger partial charge < -0.3 is 19.8 Å². The first-order chi connectivity index (χ1) is 21.6. The molecule has 7 rings (SSSR count). The normalized spacial score (nSPS) is 20.0. The van der Waals surface area contributed by atoms with Crippen LogP contribution in [-0.2, 0) is 35.8 Å². The lowest BCUT2D eigenvalue weighted by Gasteiger charge is -2.22. The van der Waals surface area contributed by atoms with Gasteiger partial charge in [0, 0.05) is 34.3 Å². The maximum absolute atomic E-state index is 12.9. The number of thiophene rings is 1. The van der Waals surface area contributed by atoms with Crippen molar-refractivity contribution in [1.82, 2.24) is 24.6 Å². The maximum Gasteiger partial charge on any atom is 0.237 e. The van der Waals surface area contributed by atoms with E-state index in [1.807, 2.05) is 45.0 Å². The first-order valence-corrected chi connectivity index (χ1v) is 17.5. The molecule has 1 N–H and O–H groups in total. The number of carbonyl (C=O) groups is 2. The number of aromatic nitrogens is 1. The van der Waals surface area contributed by atoms with Crippen molar-refractivity contribution in [3.63, 3.8) is 0 Å². The van der Waals surface area contributed by atoms with E-state index in [4.69, 9.17) is 4.98 Å². The molecule has 236 valence electrons. The molecule has 0 spiro atoms. The highest BCUT2D eigenvalue weighted by Gasteiger charge is 2.32. The van der Waals surface area contributed by atoms with Crippen LogP contribution in [0.5, 0.6) is 0 Å². The van der Waals surface area contributed by atoms with E-state index in [2.05, 4.69) is 44.2 Å². The average molecular weight is 644 g/mol. The summed E-state index contributed by atoms with van der Waals surface area (Å²) in [6.07, 6.45) is 4.77. The zero-order valence-corrected chi connectivity index (χ0v) is 28.2. The average Bonchev–Trinajstić information content (AvgIpc) is 3.80. The van der Waals surface area contributed by atoms with Crippen molar-refractivity contribution in [3.8, 4) is 10.4 Å². The number of β-amino-alcohol motifs (C(OH)–C–C–N with tert-alkyl or cyclic N) is 1. The van der Waals surface area contributed by atoms with Crippen LogP contribution in [0.25, 0.3) is 21.6 Å². The van der Waals surface area contributed by atoms with Crippen molar-refractivity contribution in [2.75, 3.05) is 40.3 Å². The van der Waals surface area contributed by atoms with E-state index in [-0.39, 0.29) is 17.9 Å². The van der Waals surface area contributed by atoms with Crippen LogP contribution in [0.4, 0.5) is 0 Å². The van der Waals surface area contributed by atoms with Gasteiger partial charge in [0.25, 0.3) is 0 Å². The topological polar surface area (TPSA) is 80.2 Å². The van der Waals surface area contributed by atoms with Gasteiger partial charge in [0.05, 0.1) is 44.5 Å². The molecule has 3 aromatic rings. The molecule has 0 saturated carbocycles. The Balaban J connectivity index is 1.07. The lowest BCUT2D eigenvalue weighted by atomic mass is 9.85. The minimum absolute atomic E-state index is 0.121. The molecule has 10 heteroatoms. The summed E-state index contributed by atoms with van der Waals surface area (Å²) in [4.78, 5) is 42.2. The summed E-state index contributed by atoms with van der Waals surface area (Å²) in [7, 11) is 3.87. The molecular weight excluding hydrogens is 603 g/mol. The van der Waals surface area contributed by atoms with Gasteiger partial charge in [0.15, 0.2) is 0 Å². The van der Waals surface area contributed by atoms with Crippen LogP contribution in [0.3, 0.4) is 0 Å². The quantitative estimate of drug-likeness (QED) is 0.384. The van der Waals surface area contributed by atoms with E-state index in [1.165, 1.54) is 53.6 Å². The fourth-order valence-electron chi connectivity index (χ4n) is 7.08. The monoisotopic (exact) mass is 643 g/mol. The Kier molecular flexibility index (Phi) is 8.29. The Bertz CT molecular complexity index is 1690. The SMILES string of the molecule is CC1=C(c2nc3c(s2)CN(C(=O)CN2CC[C@@H](O)C2)C3)CCC=C1c1cccc(-c2cc3c(s2)CN(C(=O)CN(C)C)C3)c1C. The van der Waals surface area contributed by atoms with E-state index in [0.29, 0.717) is 45.8 Å². The van der Waals surface area contributed by atoms with Gasteiger partial charge in [-0.15, -0.1) is 22.7 Å². The van der Waals surface area contributed by atoms with Crippen LogP contribution in [-0.4, -0.2) is 87.9 Å². The predicted octanol–water partition coefficient (Wildman–Crippen LogP) is 5.14. The molecular formula is C35H41N5O3S2. The summed E-state index contributed by atoms with van der Waals surface area (Å²) in [5.74, 6) is 0.302. The summed E-state index contributed by atoms with van der Waals surface area (Å²) in [6.45, 7) is 9.25. The molecule has 1 fully saturated rings. The van der Waals surface area contributed by atoms with Crippen molar-refractivity contribution >= 4 is 45.6 Å². The van der Waals surface area contributed by atoms with Crippen LogP contribution >= 0.6 is 22.7 Å². The molecule has 5 heterocycles. The third-order valence-corrected chi connectivity index (χ3v) is 11.9. The third kappa shape index (κ3) is 5.94. The van der Waals surface area contributed by atoms with E-state index >= 15 is 0 Å². The number of likely N-dealkylation sites (tertiary alicyclic amines) is 1. The number of thiazole rings is 1. The minimum Gasteiger partial charge on any atom is -0.392 e. The van der Waals surface area contributed by atoms with Gasteiger partial charge in [-0.1, -0.05) is 24.3 Å². The Labute approximate surface area is 273 Å². The molecule has 2 aromatic heterocycles. The first-order valence-electron chi connectivity index (χ1n) is 15.9. The van der Waals surface area contributed by atoms with Gasteiger partial charge in [-0.3, -0.25) is 14.5 Å². The lowest BCUT2D eigenvalue weighted by Crippen LogP contribution is -2.37. The smallest absolute Gasteiger partial charge is 0.237 e. The number of aliphatic hydroxyl groups is 1. The van der Waals surface area contributed by atoms with Crippen molar-refractivity contribution in [3.05, 3.63) is 73.1 Å². The summed E-state index contributed by atoms with van der Waals surface area (Å²) >= 11 is 3.56. The van der Waals surface area contributed by atoms with Crippen molar-refractivity contribution in [2.45, 2.75) is 65.4 Å². The fraction of sp³-hybridized carbons (Fsp3) is 0.457. The van der Waals surface area contributed by atoms with Gasteiger partial charge >= 0.3 is 0 Å². The first kappa shape index (κ1) is 30.5. The second kappa shape index (κ2) is 12.2. The van der Waals surface area contributed by atoms with Gasteiger partial charge in [0.1, 0.15) is 5.01 Å². The number of benzene rings is 1. The van der Waals surface area contributed by atoms with E-state index in [0.717, 1.165) is 36.5 Å². The molecule has 1 saturated heterocycles. The van der Waals surface area contributed by atoms with Gasteiger partial charge in [-0.05, 0) is 92.2 Å². The number of carbonyl (C=O) groups excluding carboxylic acids is 2. The molecule has 4 aliphatic rings. The van der Waals surface area contributed by atoms with Crippen LogP contribution in [0.15, 0.2) is 35.9 Å². The Morgan fingerprint density at radius 1 is 1.02 bits per heavy atom. The third-order valence-electron chi connectivity index (χ3n) is 9.56. The zero-order valence-electron chi connectivity index (χ0n) is 26.6. The second-order valence-electron chi connectivity index (χ2n) is 13.1. The number of fused-ring (bicyclic) bond motifs is 2. The molecule has 45 heavy (non-hydrogen) atoms. The van der Waals surface area contributed by atoms with Gasteiger partial charge in [-0.2, -0.15) is 0 Å². The van der Waals surface area contributed by atoms with E-state index in [9.17, 15) is 14.7 Å². The Hall–Kier alpha value is -3.15. The molecule has 8 nitrogen and oxygen atoms in total. The van der Waals surface area contributed by atoms with Crippen LogP contribution in [0.2, 0.25) is 0 Å². The standard InChI is InChI=1S/C35H41N5O3S2/c1-21-25(7-5-9-27(21)30-13-23-14-39(17-31(23)44-30)33(42)19-37(3)4)26-8-6-10-28(22(26)2)35-36-29-16-40(18-32(29)45-35)34(43)20-38-12-11-24(41)15-38/h5,7-9,13,24,41H,6,10-12,14-20H2,1-4H3/t24-/m1/s1. The summed E-state index contributed by atoms with van der Waals surface area (Å²) in [6, 6.07) is 8.93. The van der Waals surface area contributed by atoms with Crippen LogP contribution in [0, 0.1) is 6.92 Å². The molecule has 1 aliphatic carbocycles. The molecule has 2 amide bonds. The molecule has 1 aromatic carbocycles. The summed E-state index contributed by atoms with van der Waals surface area (Å²) in [5, 5.41) is 10.9. The lowest BCUT2D eigenvalue weighted by molar-refractivity contribution is -0.133.